The number of phosphoric ester groups is 1. The Kier molecular flexibility index (Phi) is 47.8. The van der Waals surface area contributed by atoms with Crippen LogP contribution >= 0.6 is 7.82 Å². The van der Waals surface area contributed by atoms with Crippen LogP contribution in [0.1, 0.15) is 119 Å². The third-order valence-electron chi connectivity index (χ3n) is 2.84. The highest BCUT2D eigenvalue weighted by Crippen LogP contribution is 2.51. The monoisotopic (exact) mass is 493 g/mol. The normalized spacial score (nSPS) is 8.03. The van der Waals surface area contributed by atoms with Crippen LogP contribution in [0.3, 0.4) is 0 Å². The van der Waals surface area contributed by atoms with Crippen molar-refractivity contribution in [3.05, 3.63) is 38.5 Å². The summed E-state index contributed by atoms with van der Waals surface area (Å²) in [7, 11) is -3.69. The minimum atomic E-state index is -3.69. The molecule has 0 amide bonds. The van der Waals surface area contributed by atoms with Crippen molar-refractivity contribution in [2.24, 2.45) is 0 Å². The van der Waals surface area contributed by atoms with Gasteiger partial charge in [0.15, 0.2) is 0 Å². The highest BCUT2D eigenvalue weighted by molar-refractivity contribution is 7.48. The van der Waals surface area contributed by atoms with Crippen LogP contribution in [-0.4, -0.2) is 13.2 Å². The van der Waals surface area contributed by atoms with Crippen LogP contribution in [-0.2, 0) is 13.6 Å². The van der Waals surface area contributed by atoms with E-state index in [0.29, 0.717) is 16.9 Å². The fourth-order valence-electron chi connectivity index (χ4n) is 2.04. The molecule has 6 nitrogen and oxygen atoms in total. The fraction of sp³-hybridized carbons (Fsp3) is 0.731. The first-order chi connectivity index (χ1) is 15.9. The summed E-state index contributed by atoms with van der Waals surface area (Å²) in [6.45, 7) is 33.2. The second-order valence-electron chi connectivity index (χ2n) is 4.42. The van der Waals surface area contributed by atoms with Gasteiger partial charge in [0.05, 0.1) is 13.2 Å². The molecule has 33 heavy (non-hydrogen) atoms. The van der Waals surface area contributed by atoms with E-state index >= 15 is 0 Å². The highest BCUT2D eigenvalue weighted by Gasteiger charge is 2.30. The predicted octanol–water partition coefficient (Wildman–Crippen LogP) is 10.5. The van der Waals surface area contributed by atoms with Crippen molar-refractivity contribution >= 4 is 7.82 Å². The average molecular weight is 494 g/mol. The van der Waals surface area contributed by atoms with E-state index in [1.807, 2.05) is 96.9 Å². The van der Waals surface area contributed by atoms with Gasteiger partial charge in [-0.15, -0.1) is 0 Å². The van der Waals surface area contributed by atoms with Gasteiger partial charge in [0.1, 0.15) is 11.3 Å². The van der Waals surface area contributed by atoms with Gasteiger partial charge in [0, 0.05) is 10.6 Å². The van der Waals surface area contributed by atoms with E-state index in [0.717, 1.165) is 11.1 Å². The fourth-order valence-corrected chi connectivity index (χ4v) is 3.36. The van der Waals surface area contributed by atoms with Crippen LogP contribution < -0.4 is 4.52 Å². The van der Waals surface area contributed by atoms with Crippen molar-refractivity contribution in [2.45, 2.75) is 118 Å². The molecule has 0 aliphatic rings. The van der Waals surface area contributed by atoms with Crippen LogP contribution in [0.4, 0.5) is 0 Å². The van der Waals surface area contributed by atoms with Crippen LogP contribution in [0, 0.1) is 32.0 Å². The summed E-state index contributed by atoms with van der Waals surface area (Å²) >= 11 is 0. The molecule has 0 N–H and O–H groups in total. The molecule has 0 unspecified atom stereocenters. The molecule has 0 saturated carbocycles. The summed E-state index contributed by atoms with van der Waals surface area (Å²) < 4.78 is 28.2. The van der Waals surface area contributed by atoms with Crippen LogP contribution in [0.25, 0.3) is 5.01 Å². The van der Waals surface area contributed by atoms with E-state index in [-0.39, 0.29) is 13.2 Å². The van der Waals surface area contributed by atoms with Crippen LogP contribution in [0.15, 0.2) is 6.07 Å². The molecule has 0 spiro atoms. The largest absolute Gasteiger partial charge is 0.530 e. The standard InChI is InChI=1S/C14H20NO5P.6C2H6/c1-6-18-21(17,19-7-2)20-14-11(4)8-10(3)13(9-15-16)12(14)5;6*1-2/h8H,6-7H2,1-5H3;6*1-2H3. The van der Waals surface area contributed by atoms with E-state index in [1.54, 1.807) is 26.8 Å². The van der Waals surface area contributed by atoms with Gasteiger partial charge in [-0.1, -0.05) is 89.2 Å². The second kappa shape index (κ2) is 35.1. The molecule has 1 aromatic rings. The molecule has 0 aliphatic carbocycles. The SMILES string of the molecule is CC.CC.CC.CC.CC.CC.CCOP(=O)(OCC)Oc1c(C)cc(C)c(C#[N+][O-])c1C. The zero-order valence-electron chi connectivity index (χ0n) is 24.9. The Hall–Kier alpha value is -1.54. The third kappa shape index (κ3) is 20.8. The molecule has 0 saturated heterocycles. The van der Waals surface area contributed by atoms with E-state index in [2.05, 4.69) is 11.1 Å². The maximum absolute atomic E-state index is 12.5. The van der Waals surface area contributed by atoms with E-state index < -0.39 is 7.82 Å². The van der Waals surface area contributed by atoms with Crippen LogP contribution in [0.5, 0.6) is 5.75 Å². The minimum absolute atomic E-state index is 0.197. The molecule has 7 heteroatoms. The molecule has 0 atom stereocenters. The minimum Gasteiger partial charge on any atom is -0.498 e. The lowest BCUT2D eigenvalue weighted by Crippen LogP contribution is -2.05. The molecule has 0 bridgehead atoms. The Labute approximate surface area is 207 Å². The van der Waals surface area contributed by atoms with Gasteiger partial charge in [0.2, 0.25) is 0 Å². The van der Waals surface area contributed by atoms with Gasteiger partial charge in [0.25, 0.3) is 0 Å². The summed E-state index contributed by atoms with van der Waals surface area (Å²) in [4.78, 5) is 0. The second-order valence-corrected chi connectivity index (χ2v) is 6.01. The van der Waals surface area contributed by atoms with E-state index in [9.17, 15) is 9.77 Å². The molecule has 0 aromatic heterocycles. The smallest absolute Gasteiger partial charge is 0.498 e. The number of aryl methyl sites for hydroxylation is 2. The van der Waals surface area contributed by atoms with Crippen molar-refractivity contribution in [3.63, 3.8) is 0 Å². The summed E-state index contributed by atoms with van der Waals surface area (Å²) in [5.74, 6) is 0.358. The van der Waals surface area contributed by atoms with Crippen molar-refractivity contribution in [1.29, 1.82) is 0 Å². The number of nitrogens with zero attached hydrogens (tertiary/aromatic N) is 1. The summed E-state index contributed by atoms with van der Waals surface area (Å²) in [5, 5.41) is 13.1. The Morgan fingerprint density at radius 3 is 1.45 bits per heavy atom. The number of hydrogen-bond acceptors (Lipinski definition) is 5. The first-order valence-electron chi connectivity index (χ1n) is 12.7. The zero-order valence-corrected chi connectivity index (χ0v) is 25.8. The Morgan fingerprint density at radius 2 is 1.15 bits per heavy atom. The molecule has 1 aromatic carbocycles. The average Bonchev–Trinajstić information content (AvgIpc) is 2.87. The summed E-state index contributed by atoms with van der Waals surface area (Å²) in [5.41, 5.74) is 2.73. The lowest BCUT2D eigenvalue weighted by Gasteiger charge is -2.20. The van der Waals surface area contributed by atoms with Gasteiger partial charge < -0.3 is 9.73 Å². The van der Waals surface area contributed by atoms with Gasteiger partial charge in [-0.2, -0.15) is 0 Å². The number of phosphoric acid groups is 1. The Morgan fingerprint density at radius 1 is 0.788 bits per heavy atom. The van der Waals surface area contributed by atoms with Gasteiger partial charge in [-0.05, 0) is 45.7 Å². The predicted molar refractivity (Wildman–Crippen MR) is 150 cm³/mol. The molecule has 0 aliphatic heterocycles. The van der Waals surface area contributed by atoms with Crippen LogP contribution in [0.2, 0.25) is 0 Å². The summed E-state index contributed by atoms with van der Waals surface area (Å²) in [6.07, 6.45) is 0. The molecule has 0 fully saturated rings. The first kappa shape index (κ1) is 45.0. The third-order valence-corrected chi connectivity index (χ3v) is 4.39. The number of benzene rings is 1. The maximum Gasteiger partial charge on any atom is 0.530 e. The van der Waals surface area contributed by atoms with Gasteiger partial charge in [-0.25, -0.2) is 4.57 Å². The lowest BCUT2D eigenvalue weighted by atomic mass is 9.99. The van der Waals surface area contributed by atoms with Crippen molar-refractivity contribution in [2.75, 3.05) is 13.2 Å². The zero-order chi connectivity index (χ0) is 28.0. The Bertz CT molecular complexity index is 613. The Balaban J connectivity index is -0.000000131. The molecular formula is C26H56NO5P. The van der Waals surface area contributed by atoms with E-state index in [1.165, 1.54) is 0 Å². The molecule has 0 radical (unpaired) electrons. The van der Waals surface area contributed by atoms with E-state index in [4.69, 9.17) is 13.6 Å². The number of hydrogen-bond donors (Lipinski definition) is 0. The van der Waals surface area contributed by atoms with Crippen molar-refractivity contribution < 1.29 is 18.1 Å². The molecule has 1 rings (SSSR count). The molecular weight excluding hydrogens is 437 g/mol. The quantitative estimate of drug-likeness (QED) is 0.291. The summed E-state index contributed by atoms with van der Waals surface area (Å²) in [6, 6.07) is 4.18. The van der Waals surface area contributed by atoms with Crippen molar-refractivity contribution in [3.8, 4) is 11.8 Å². The molecule has 0 heterocycles. The number of rotatable bonds is 6. The lowest BCUT2D eigenvalue weighted by molar-refractivity contribution is 0.167. The molecule has 200 valence electrons. The van der Waals surface area contributed by atoms with Gasteiger partial charge >= 0.3 is 13.9 Å². The highest BCUT2D eigenvalue weighted by atomic mass is 31.2. The topological polar surface area (TPSA) is 72.2 Å². The maximum atomic E-state index is 12.5. The van der Waals surface area contributed by atoms with Crippen molar-refractivity contribution in [1.82, 2.24) is 0 Å². The van der Waals surface area contributed by atoms with Gasteiger partial charge in [-0.3, -0.25) is 9.05 Å². The first-order valence-corrected chi connectivity index (χ1v) is 14.1.